The number of rotatable bonds is 2. The molecule has 0 aliphatic carbocycles. The van der Waals surface area contributed by atoms with E-state index in [4.69, 9.17) is 5.73 Å². The summed E-state index contributed by atoms with van der Waals surface area (Å²) in [5.41, 5.74) is 8.06. The van der Waals surface area contributed by atoms with Crippen LogP contribution in [-0.2, 0) is 6.54 Å². The molecule has 0 atom stereocenters. The maximum absolute atomic E-state index is 11.6. The fourth-order valence-corrected chi connectivity index (χ4v) is 2.21. The Morgan fingerprint density at radius 1 is 1.35 bits per heavy atom. The van der Waals surface area contributed by atoms with Gasteiger partial charge in [0.05, 0.1) is 5.69 Å². The first kappa shape index (κ1) is 12.1. The number of hydrogen-bond donors (Lipinski definition) is 1. The number of pyridine rings is 1. The van der Waals surface area contributed by atoms with Gasteiger partial charge in [-0.15, -0.1) is 0 Å². The van der Waals surface area contributed by atoms with Crippen molar-refractivity contribution in [3.63, 3.8) is 0 Å². The molecule has 1 aromatic carbocycles. The zero-order chi connectivity index (χ0) is 12.4. The fraction of sp³-hybridized carbons (Fsp3) is 0.154. The summed E-state index contributed by atoms with van der Waals surface area (Å²) in [6, 6.07) is 9.48. The summed E-state index contributed by atoms with van der Waals surface area (Å²) in [7, 11) is 0. The van der Waals surface area contributed by atoms with E-state index in [2.05, 4.69) is 15.9 Å². The first-order valence-electron chi connectivity index (χ1n) is 5.30. The van der Waals surface area contributed by atoms with E-state index in [1.165, 1.54) is 0 Å². The zero-order valence-corrected chi connectivity index (χ0v) is 11.1. The third-order valence-corrected chi connectivity index (χ3v) is 3.32. The molecule has 17 heavy (non-hydrogen) atoms. The van der Waals surface area contributed by atoms with Crippen molar-refractivity contribution >= 4 is 15.9 Å². The Labute approximate surface area is 108 Å². The SMILES string of the molecule is Cc1cc(=O)c(CN)cn1-c1ccccc1Br. The molecule has 4 heteroatoms. The van der Waals surface area contributed by atoms with Crippen LogP contribution in [0, 0.1) is 6.92 Å². The molecule has 0 amide bonds. The van der Waals surface area contributed by atoms with E-state index < -0.39 is 0 Å². The first-order chi connectivity index (χ1) is 8.13. The Morgan fingerprint density at radius 2 is 2.06 bits per heavy atom. The van der Waals surface area contributed by atoms with Gasteiger partial charge in [0.15, 0.2) is 5.43 Å². The Morgan fingerprint density at radius 3 is 2.71 bits per heavy atom. The summed E-state index contributed by atoms with van der Waals surface area (Å²) in [5.74, 6) is 0. The predicted molar refractivity (Wildman–Crippen MR) is 72.4 cm³/mol. The average Bonchev–Trinajstić information content (AvgIpc) is 2.31. The molecule has 0 saturated carbocycles. The van der Waals surface area contributed by atoms with Crippen LogP contribution >= 0.6 is 15.9 Å². The molecule has 0 saturated heterocycles. The topological polar surface area (TPSA) is 48.0 Å². The van der Waals surface area contributed by atoms with Crippen molar-refractivity contribution in [2.45, 2.75) is 13.5 Å². The molecule has 3 nitrogen and oxygen atoms in total. The second kappa shape index (κ2) is 4.85. The highest BCUT2D eigenvalue weighted by Crippen LogP contribution is 2.21. The summed E-state index contributed by atoms with van der Waals surface area (Å²) in [6.45, 7) is 2.16. The van der Waals surface area contributed by atoms with E-state index in [0.29, 0.717) is 5.56 Å². The quantitative estimate of drug-likeness (QED) is 0.924. The summed E-state index contributed by atoms with van der Waals surface area (Å²) < 4.78 is 2.95. The zero-order valence-electron chi connectivity index (χ0n) is 9.48. The van der Waals surface area contributed by atoms with E-state index in [1.54, 1.807) is 12.3 Å². The van der Waals surface area contributed by atoms with Crippen molar-refractivity contribution in [1.82, 2.24) is 4.57 Å². The monoisotopic (exact) mass is 292 g/mol. The van der Waals surface area contributed by atoms with Crippen LogP contribution < -0.4 is 11.2 Å². The maximum Gasteiger partial charge on any atom is 0.186 e. The Balaban J connectivity index is 2.68. The number of nitrogens with two attached hydrogens (primary N) is 1. The minimum absolute atomic E-state index is 0.00620. The van der Waals surface area contributed by atoms with Gasteiger partial charge in [0, 0.05) is 34.5 Å². The molecule has 1 heterocycles. The smallest absolute Gasteiger partial charge is 0.186 e. The number of aromatic nitrogens is 1. The minimum atomic E-state index is -0.00620. The highest BCUT2D eigenvalue weighted by molar-refractivity contribution is 9.10. The van der Waals surface area contributed by atoms with Gasteiger partial charge in [0.2, 0.25) is 0 Å². The Kier molecular flexibility index (Phi) is 3.45. The summed E-state index contributed by atoms with van der Waals surface area (Å²) in [5, 5.41) is 0. The normalized spacial score (nSPS) is 10.5. The van der Waals surface area contributed by atoms with Crippen LogP contribution in [0.3, 0.4) is 0 Å². The maximum atomic E-state index is 11.6. The van der Waals surface area contributed by atoms with E-state index in [-0.39, 0.29) is 12.0 Å². The lowest BCUT2D eigenvalue weighted by atomic mass is 10.2. The number of halogens is 1. The summed E-state index contributed by atoms with van der Waals surface area (Å²) in [6.07, 6.45) is 1.80. The Bertz CT molecular complexity index is 605. The molecule has 0 bridgehead atoms. The molecule has 0 fully saturated rings. The molecule has 88 valence electrons. The number of para-hydroxylation sites is 1. The van der Waals surface area contributed by atoms with Gasteiger partial charge in [-0.1, -0.05) is 12.1 Å². The lowest BCUT2D eigenvalue weighted by Gasteiger charge is -2.13. The number of aryl methyl sites for hydroxylation is 1. The second-order valence-corrected chi connectivity index (χ2v) is 4.68. The Hall–Kier alpha value is -1.39. The third-order valence-electron chi connectivity index (χ3n) is 2.65. The molecule has 0 aliphatic rings. The minimum Gasteiger partial charge on any atom is -0.326 e. The fourth-order valence-electron chi connectivity index (χ4n) is 1.73. The second-order valence-electron chi connectivity index (χ2n) is 3.83. The van der Waals surface area contributed by atoms with Crippen LogP contribution in [0.4, 0.5) is 0 Å². The lowest BCUT2D eigenvalue weighted by molar-refractivity contribution is 0.919. The van der Waals surface area contributed by atoms with E-state index >= 15 is 0 Å². The highest BCUT2D eigenvalue weighted by atomic mass is 79.9. The molecule has 2 rings (SSSR count). The van der Waals surface area contributed by atoms with Gasteiger partial charge in [-0.3, -0.25) is 4.79 Å². The van der Waals surface area contributed by atoms with E-state index in [0.717, 1.165) is 15.9 Å². The first-order valence-corrected chi connectivity index (χ1v) is 6.10. The van der Waals surface area contributed by atoms with Crippen LogP contribution in [0.2, 0.25) is 0 Å². The van der Waals surface area contributed by atoms with Crippen LogP contribution in [0.1, 0.15) is 11.3 Å². The van der Waals surface area contributed by atoms with Gasteiger partial charge >= 0.3 is 0 Å². The van der Waals surface area contributed by atoms with Crippen LogP contribution in [0.5, 0.6) is 0 Å². The van der Waals surface area contributed by atoms with Gasteiger partial charge in [0.1, 0.15) is 0 Å². The molecule has 2 aromatic rings. The van der Waals surface area contributed by atoms with Gasteiger partial charge in [-0.05, 0) is 35.0 Å². The summed E-state index contributed by atoms with van der Waals surface area (Å²) in [4.78, 5) is 11.6. The molecule has 0 spiro atoms. The molecular formula is C13H13BrN2O. The van der Waals surface area contributed by atoms with Crippen molar-refractivity contribution in [2.24, 2.45) is 5.73 Å². The van der Waals surface area contributed by atoms with Gasteiger partial charge in [-0.2, -0.15) is 0 Å². The number of nitrogens with zero attached hydrogens (tertiary/aromatic N) is 1. The van der Waals surface area contributed by atoms with Crippen molar-refractivity contribution in [3.05, 3.63) is 62.5 Å². The number of hydrogen-bond acceptors (Lipinski definition) is 2. The third kappa shape index (κ3) is 2.33. The van der Waals surface area contributed by atoms with Gasteiger partial charge < -0.3 is 10.3 Å². The molecule has 1 aromatic heterocycles. The van der Waals surface area contributed by atoms with Crippen molar-refractivity contribution in [1.29, 1.82) is 0 Å². The van der Waals surface area contributed by atoms with Gasteiger partial charge in [-0.25, -0.2) is 0 Å². The molecule has 0 radical (unpaired) electrons. The van der Waals surface area contributed by atoms with E-state index in [1.807, 2.05) is 35.8 Å². The largest absolute Gasteiger partial charge is 0.326 e. The standard InChI is InChI=1S/C13H13BrN2O/c1-9-6-13(17)10(7-15)8-16(9)12-5-3-2-4-11(12)14/h2-6,8H,7,15H2,1H3. The molecule has 0 aliphatic heterocycles. The number of benzene rings is 1. The van der Waals surface area contributed by atoms with Crippen molar-refractivity contribution in [2.75, 3.05) is 0 Å². The van der Waals surface area contributed by atoms with Gasteiger partial charge in [0.25, 0.3) is 0 Å². The molecular weight excluding hydrogens is 280 g/mol. The predicted octanol–water partition coefficient (Wildman–Crippen LogP) is 2.37. The highest BCUT2D eigenvalue weighted by Gasteiger charge is 2.06. The van der Waals surface area contributed by atoms with Crippen molar-refractivity contribution in [3.8, 4) is 5.69 Å². The van der Waals surface area contributed by atoms with Crippen LogP contribution in [0.15, 0.2) is 45.8 Å². The molecule has 0 unspecified atom stereocenters. The molecule has 2 N–H and O–H groups in total. The van der Waals surface area contributed by atoms with Crippen molar-refractivity contribution < 1.29 is 0 Å². The van der Waals surface area contributed by atoms with Crippen LogP contribution in [0.25, 0.3) is 5.69 Å². The lowest BCUT2D eigenvalue weighted by Crippen LogP contribution is -2.17. The average molecular weight is 293 g/mol. The summed E-state index contributed by atoms with van der Waals surface area (Å²) >= 11 is 3.50. The van der Waals surface area contributed by atoms with Crippen LogP contribution in [-0.4, -0.2) is 4.57 Å². The van der Waals surface area contributed by atoms with E-state index in [9.17, 15) is 4.79 Å².